The molecule has 2 aliphatic heterocycles. The molecule has 0 radical (unpaired) electrons. The third-order valence-corrected chi connectivity index (χ3v) is 7.06. The highest BCUT2D eigenvalue weighted by Crippen LogP contribution is 2.26. The SMILES string of the molecule is CC/C=C\C=C(\Cl)CC(=NC1(C)CCOCC1)N(C=O)CC(O)/N=C1/C=C/C[C@H](C(=O)Nc2ccccn2)C/C=C/N1. The molecule has 2 aliphatic rings. The van der Waals surface area contributed by atoms with Crippen molar-refractivity contribution in [2.24, 2.45) is 15.9 Å². The first-order valence-electron chi connectivity index (χ1n) is 14.3. The molecule has 42 heavy (non-hydrogen) atoms. The third-order valence-electron chi connectivity index (χ3n) is 6.80. The first-order chi connectivity index (χ1) is 20.3. The topological polar surface area (TPSA) is 129 Å². The van der Waals surface area contributed by atoms with E-state index < -0.39 is 11.8 Å². The summed E-state index contributed by atoms with van der Waals surface area (Å²) < 4.78 is 5.50. The number of halogens is 1. The zero-order valence-corrected chi connectivity index (χ0v) is 25.0. The second kappa shape index (κ2) is 17.4. The first kappa shape index (κ1) is 32.9. The number of anilines is 1. The first-order valence-corrected chi connectivity index (χ1v) is 14.6. The molecule has 1 aromatic rings. The predicted octanol–water partition coefficient (Wildman–Crippen LogP) is 4.71. The summed E-state index contributed by atoms with van der Waals surface area (Å²) in [6.45, 7) is 5.13. The number of rotatable bonds is 11. The number of amides is 2. The van der Waals surface area contributed by atoms with E-state index in [1.165, 1.54) is 4.90 Å². The molecule has 1 saturated heterocycles. The zero-order chi connectivity index (χ0) is 30.2. The van der Waals surface area contributed by atoms with Crippen LogP contribution in [0, 0.1) is 5.92 Å². The lowest BCUT2D eigenvalue weighted by molar-refractivity contribution is -0.119. The number of nitrogens with one attached hydrogen (secondary N) is 2. The van der Waals surface area contributed by atoms with Crippen LogP contribution in [0.15, 0.2) is 82.1 Å². The number of aliphatic hydroxyl groups excluding tert-OH is 1. The van der Waals surface area contributed by atoms with Crippen molar-refractivity contribution in [3.05, 3.63) is 72.1 Å². The molecule has 3 heterocycles. The van der Waals surface area contributed by atoms with Gasteiger partial charge in [0.1, 0.15) is 17.5 Å². The van der Waals surface area contributed by atoms with Gasteiger partial charge in [-0.05, 0) is 69.5 Å². The van der Waals surface area contributed by atoms with Gasteiger partial charge in [0.05, 0.1) is 12.1 Å². The van der Waals surface area contributed by atoms with Gasteiger partial charge >= 0.3 is 0 Å². The minimum absolute atomic E-state index is 0.109. The fourth-order valence-electron chi connectivity index (χ4n) is 4.37. The molecule has 10 nitrogen and oxygen atoms in total. The van der Waals surface area contributed by atoms with E-state index in [4.69, 9.17) is 21.3 Å². The number of aliphatic hydroxyl groups is 1. The van der Waals surface area contributed by atoms with Crippen LogP contribution in [0.3, 0.4) is 0 Å². The molecule has 2 atom stereocenters. The van der Waals surface area contributed by atoms with Crippen molar-refractivity contribution in [2.75, 3.05) is 25.1 Å². The molecule has 0 spiro atoms. The normalized spacial score (nSPS) is 22.8. The lowest BCUT2D eigenvalue weighted by atomic mass is 9.93. The van der Waals surface area contributed by atoms with Gasteiger partial charge in [0.25, 0.3) is 0 Å². The van der Waals surface area contributed by atoms with Crippen molar-refractivity contribution in [3.8, 4) is 0 Å². The minimum atomic E-state index is -1.24. The minimum Gasteiger partial charge on any atom is -0.381 e. The van der Waals surface area contributed by atoms with Crippen molar-refractivity contribution in [1.29, 1.82) is 0 Å². The number of carbonyl (C=O) groups excluding carboxylic acids is 2. The summed E-state index contributed by atoms with van der Waals surface area (Å²) >= 11 is 6.51. The highest BCUT2D eigenvalue weighted by Gasteiger charge is 2.29. The molecule has 3 rings (SSSR count). The quantitative estimate of drug-likeness (QED) is 0.147. The van der Waals surface area contributed by atoms with Crippen LogP contribution in [0.1, 0.15) is 52.4 Å². The summed E-state index contributed by atoms with van der Waals surface area (Å²) in [5, 5.41) is 17.3. The van der Waals surface area contributed by atoms with E-state index in [1.54, 1.807) is 36.7 Å². The van der Waals surface area contributed by atoms with Crippen molar-refractivity contribution >= 4 is 41.4 Å². The lowest BCUT2D eigenvalue weighted by Gasteiger charge is -2.32. The van der Waals surface area contributed by atoms with E-state index in [2.05, 4.69) is 20.6 Å². The van der Waals surface area contributed by atoms with Gasteiger partial charge in [-0.2, -0.15) is 0 Å². The Labute approximate surface area is 253 Å². The van der Waals surface area contributed by atoms with Gasteiger partial charge in [0.15, 0.2) is 6.23 Å². The molecule has 0 aliphatic carbocycles. The van der Waals surface area contributed by atoms with Crippen LogP contribution in [0.5, 0.6) is 0 Å². The number of pyridine rings is 1. The van der Waals surface area contributed by atoms with E-state index in [1.807, 2.05) is 44.2 Å². The Kier molecular flexibility index (Phi) is 13.6. The molecule has 2 amide bonds. The molecule has 0 aromatic carbocycles. The Balaban J connectivity index is 1.71. The maximum atomic E-state index is 12.8. The zero-order valence-electron chi connectivity index (χ0n) is 24.3. The van der Waals surface area contributed by atoms with Crippen molar-refractivity contribution in [1.82, 2.24) is 15.2 Å². The summed E-state index contributed by atoms with van der Waals surface area (Å²) in [4.78, 5) is 39.8. The fraction of sp³-hybridized carbons (Fsp3) is 0.452. The molecule has 1 aromatic heterocycles. The Bertz CT molecular complexity index is 1210. The van der Waals surface area contributed by atoms with Crippen LogP contribution in [0.4, 0.5) is 5.82 Å². The second-order valence-corrected chi connectivity index (χ2v) is 10.8. The predicted molar refractivity (Wildman–Crippen MR) is 167 cm³/mol. The summed E-state index contributed by atoms with van der Waals surface area (Å²) in [6, 6.07) is 5.34. The van der Waals surface area contributed by atoms with Crippen LogP contribution in [0.25, 0.3) is 0 Å². The summed E-state index contributed by atoms with van der Waals surface area (Å²) in [5.74, 6) is 0.924. The molecule has 226 valence electrons. The number of ether oxygens (including phenoxy) is 1. The van der Waals surface area contributed by atoms with Gasteiger partial charge in [-0.15, -0.1) is 0 Å². The molecular formula is C31H41ClN6O4. The Hall–Kier alpha value is -3.60. The standard InChI is InChI=1S/C31H41ClN6O4/c1-3-4-5-12-25(32)21-28(37-31(2)15-19-42-20-16-31)38(23-39)22-29(40)35-26-14-8-10-24(11-9-18-34-26)30(41)36-27-13-6-7-17-33-27/h4-9,12-14,17-18,23-24,29,40H,3,10-11,15-16,19-22H2,1-2H3,(H,34,35)(H,33,36,41)/b5-4-,14-8+,18-9+,25-12+,37-28?/t24-,29?/m0/s1. The van der Waals surface area contributed by atoms with Gasteiger partial charge in [0.2, 0.25) is 12.3 Å². The molecule has 3 N–H and O–H groups in total. The average Bonchev–Trinajstić information content (AvgIpc) is 3.09. The highest BCUT2D eigenvalue weighted by atomic mass is 35.5. The van der Waals surface area contributed by atoms with Gasteiger partial charge in [-0.3, -0.25) is 19.5 Å². The van der Waals surface area contributed by atoms with Gasteiger partial charge in [-0.1, -0.05) is 48.9 Å². The van der Waals surface area contributed by atoms with Gasteiger partial charge in [-0.25, -0.2) is 9.98 Å². The van der Waals surface area contributed by atoms with E-state index >= 15 is 0 Å². The smallest absolute Gasteiger partial charge is 0.229 e. The number of allylic oxidation sites excluding steroid dienone is 5. The summed E-state index contributed by atoms with van der Waals surface area (Å²) in [5.41, 5.74) is -0.408. The van der Waals surface area contributed by atoms with E-state index in [0.29, 0.717) is 67.8 Å². The third kappa shape index (κ3) is 11.3. The van der Waals surface area contributed by atoms with Gasteiger partial charge in [0, 0.05) is 36.8 Å². The number of hydrogen-bond acceptors (Lipinski definition) is 7. The maximum absolute atomic E-state index is 12.8. The van der Waals surface area contributed by atoms with Crippen LogP contribution >= 0.6 is 11.6 Å². The van der Waals surface area contributed by atoms with E-state index in [9.17, 15) is 14.7 Å². The lowest BCUT2D eigenvalue weighted by Crippen LogP contribution is -2.40. The number of aliphatic imine (C=N–C) groups is 2. The fourth-order valence-corrected chi connectivity index (χ4v) is 4.56. The number of amidine groups is 2. The molecule has 11 heteroatoms. The summed E-state index contributed by atoms with van der Waals surface area (Å²) in [6.07, 6.45) is 17.3. The van der Waals surface area contributed by atoms with Crippen molar-refractivity contribution in [2.45, 2.75) is 64.1 Å². The number of aromatic nitrogens is 1. The Morgan fingerprint density at radius 2 is 2.12 bits per heavy atom. The Morgan fingerprint density at radius 3 is 2.83 bits per heavy atom. The second-order valence-electron chi connectivity index (χ2n) is 10.3. The van der Waals surface area contributed by atoms with Crippen LogP contribution in [-0.4, -0.2) is 70.5 Å². The number of carbonyl (C=O) groups is 2. The molecule has 1 unspecified atom stereocenters. The number of hydrogen-bond donors (Lipinski definition) is 3. The Morgan fingerprint density at radius 1 is 1.33 bits per heavy atom. The molecule has 0 saturated carbocycles. The monoisotopic (exact) mass is 596 g/mol. The van der Waals surface area contributed by atoms with Crippen LogP contribution in [0.2, 0.25) is 0 Å². The summed E-state index contributed by atoms with van der Waals surface area (Å²) in [7, 11) is 0. The molecule has 1 fully saturated rings. The van der Waals surface area contributed by atoms with Crippen LogP contribution in [-0.2, 0) is 14.3 Å². The number of nitrogens with zero attached hydrogens (tertiary/aromatic N) is 4. The van der Waals surface area contributed by atoms with Gasteiger partial charge < -0.3 is 20.5 Å². The average molecular weight is 597 g/mol. The largest absolute Gasteiger partial charge is 0.381 e. The van der Waals surface area contributed by atoms with E-state index in [-0.39, 0.29) is 24.8 Å². The molecule has 0 bridgehead atoms. The highest BCUT2D eigenvalue weighted by molar-refractivity contribution is 6.31. The van der Waals surface area contributed by atoms with Crippen LogP contribution < -0.4 is 10.6 Å². The van der Waals surface area contributed by atoms with Crippen molar-refractivity contribution < 1.29 is 19.4 Å². The van der Waals surface area contributed by atoms with E-state index in [0.717, 1.165) is 6.42 Å². The maximum Gasteiger partial charge on any atom is 0.229 e. The van der Waals surface area contributed by atoms with Crippen molar-refractivity contribution in [3.63, 3.8) is 0 Å². The molecular weight excluding hydrogens is 556 g/mol.